The third-order valence-corrected chi connectivity index (χ3v) is 4.18. The number of nitrogen functional groups attached to an aromatic ring is 1. The molecular weight excluding hydrogens is 248 g/mol. The Balaban J connectivity index is 1.83. The van der Waals surface area contributed by atoms with E-state index in [1.807, 2.05) is 36.4 Å². The molecule has 0 amide bonds. The maximum Gasteiger partial charge on any atom is 0.127 e. The van der Waals surface area contributed by atoms with Gasteiger partial charge in [-0.25, -0.2) is 0 Å². The van der Waals surface area contributed by atoms with Gasteiger partial charge in [0.25, 0.3) is 0 Å². The lowest BCUT2D eigenvalue weighted by Gasteiger charge is -2.25. The minimum Gasteiger partial charge on any atom is -0.493 e. The predicted molar refractivity (Wildman–Crippen MR) is 82.4 cm³/mol. The Morgan fingerprint density at radius 3 is 2.55 bits per heavy atom. The van der Waals surface area contributed by atoms with E-state index in [4.69, 9.17) is 15.9 Å². The number of nitrogens with two attached hydrogens (primary N) is 1. The minimum absolute atomic E-state index is 0.0993. The summed E-state index contributed by atoms with van der Waals surface area (Å²) in [7, 11) is 0. The van der Waals surface area contributed by atoms with Crippen LogP contribution in [0.3, 0.4) is 0 Å². The van der Waals surface area contributed by atoms with Gasteiger partial charge in [-0.15, -0.1) is 0 Å². The van der Waals surface area contributed by atoms with Crippen LogP contribution >= 0.6 is 0 Å². The molecule has 0 saturated heterocycles. The molecule has 2 aromatic carbocycles. The molecule has 0 aliphatic heterocycles. The van der Waals surface area contributed by atoms with Crippen LogP contribution in [-0.4, -0.2) is 12.4 Å². The lowest BCUT2D eigenvalue weighted by atomic mass is 9.83. The van der Waals surface area contributed by atoms with E-state index in [-0.39, 0.29) is 5.84 Å². The van der Waals surface area contributed by atoms with Crippen LogP contribution in [0.5, 0.6) is 5.75 Å². The number of rotatable bonds is 5. The van der Waals surface area contributed by atoms with Crippen molar-refractivity contribution >= 4 is 16.6 Å². The van der Waals surface area contributed by atoms with E-state index in [0.29, 0.717) is 0 Å². The summed E-state index contributed by atoms with van der Waals surface area (Å²) in [6, 6.07) is 11.8. The molecule has 104 valence electrons. The lowest BCUT2D eigenvalue weighted by molar-refractivity contribution is 0.223. The molecule has 0 spiro atoms. The summed E-state index contributed by atoms with van der Waals surface area (Å²) in [5.41, 5.74) is 6.41. The molecule has 1 fully saturated rings. The van der Waals surface area contributed by atoms with Crippen molar-refractivity contribution in [2.24, 2.45) is 11.7 Å². The fraction of sp³-hybridized carbons (Fsp3) is 0.353. The molecule has 2 aromatic rings. The van der Waals surface area contributed by atoms with E-state index in [1.54, 1.807) is 0 Å². The zero-order valence-electron chi connectivity index (χ0n) is 11.6. The monoisotopic (exact) mass is 268 g/mol. The van der Waals surface area contributed by atoms with Gasteiger partial charge in [0.1, 0.15) is 11.6 Å². The van der Waals surface area contributed by atoms with Crippen LogP contribution in [0.1, 0.15) is 31.2 Å². The summed E-state index contributed by atoms with van der Waals surface area (Å²) in [4.78, 5) is 0. The fourth-order valence-electron chi connectivity index (χ4n) is 2.75. The van der Waals surface area contributed by atoms with E-state index in [2.05, 4.69) is 0 Å². The Morgan fingerprint density at radius 2 is 1.90 bits per heavy atom. The summed E-state index contributed by atoms with van der Waals surface area (Å²) in [6.45, 7) is 0.772. The molecular formula is C17H20N2O. The maximum absolute atomic E-state index is 7.65. The number of fused-ring (bicyclic) bond motifs is 1. The van der Waals surface area contributed by atoms with Gasteiger partial charge in [0.2, 0.25) is 0 Å². The maximum atomic E-state index is 7.65. The van der Waals surface area contributed by atoms with Crippen molar-refractivity contribution in [1.82, 2.24) is 0 Å². The second kappa shape index (κ2) is 5.53. The molecule has 0 bridgehead atoms. The SMILES string of the molecule is N=C(N)c1ccc(OCCC2CCC2)c2ccccc12. The van der Waals surface area contributed by atoms with E-state index in [9.17, 15) is 0 Å². The number of amidine groups is 1. The molecule has 0 radical (unpaired) electrons. The normalized spacial score (nSPS) is 15.0. The van der Waals surface area contributed by atoms with Crippen LogP contribution < -0.4 is 10.5 Å². The Hall–Kier alpha value is -2.03. The molecule has 3 heteroatoms. The second-order valence-corrected chi connectivity index (χ2v) is 5.50. The molecule has 3 rings (SSSR count). The summed E-state index contributed by atoms with van der Waals surface area (Å²) in [6.07, 6.45) is 5.23. The Morgan fingerprint density at radius 1 is 1.15 bits per heavy atom. The van der Waals surface area contributed by atoms with E-state index in [0.717, 1.165) is 41.0 Å². The van der Waals surface area contributed by atoms with Crippen molar-refractivity contribution in [2.45, 2.75) is 25.7 Å². The Kier molecular flexibility index (Phi) is 3.59. The topological polar surface area (TPSA) is 59.1 Å². The van der Waals surface area contributed by atoms with Gasteiger partial charge in [0, 0.05) is 10.9 Å². The van der Waals surface area contributed by atoms with Crippen LogP contribution in [0.25, 0.3) is 10.8 Å². The van der Waals surface area contributed by atoms with Gasteiger partial charge < -0.3 is 10.5 Å². The first kappa shape index (κ1) is 13.0. The molecule has 1 aliphatic carbocycles. The van der Waals surface area contributed by atoms with Crippen molar-refractivity contribution in [1.29, 1.82) is 5.41 Å². The first-order valence-corrected chi connectivity index (χ1v) is 7.24. The van der Waals surface area contributed by atoms with Crippen LogP contribution in [0.4, 0.5) is 0 Å². The van der Waals surface area contributed by atoms with Gasteiger partial charge >= 0.3 is 0 Å². The highest BCUT2D eigenvalue weighted by atomic mass is 16.5. The van der Waals surface area contributed by atoms with Crippen molar-refractivity contribution in [3.63, 3.8) is 0 Å². The molecule has 0 unspecified atom stereocenters. The van der Waals surface area contributed by atoms with Crippen molar-refractivity contribution in [3.8, 4) is 5.75 Å². The number of benzene rings is 2. The average molecular weight is 268 g/mol. The minimum atomic E-state index is 0.0993. The zero-order valence-corrected chi connectivity index (χ0v) is 11.6. The molecule has 20 heavy (non-hydrogen) atoms. The van der Waals surface area contributed by atoms with Crippen molar-refractivity contribution in [3.05, 3.63) is 42.0 Å². The van der Waals surface area contributed by atoms with Gasteiger partial charge in [0.15, 0.2) is 0 Å². The summed E-state index contributed by atoms with van der Waals surface area (Å²) >= 11 is 0. The third kappa shape index (κ3) is 2.48. The highest BCUT2D eigenvalue weighted by molar-refractivity contribution is 6.09. The highest BCUT2D eigenvalue weighted by Crippen LogP contribution is 2.31. The van der Waals surface area contributed by atoms with Crippen molar-refractivity contribution < 1.29 is 4.74 Å². The average Bonchev–Trinajstić information content (AvgIpc) is 2.41. The van der Waals surface area contributed by atoms with E-state index in [1.165, 1.54) is 19.3 Å². The lowest BCUT2D eigenvalue weighted by Crippen LogP contribution is -2.15. The molecule has 1 saturated carbocycles. The molecule has 0 heterocycles. The standard InChI is InChI=1S/C17H20N2O/c18-17(19)15-8-9-16(14-7-2-1-6-13(14)15)20-11-10-12-4-3-5-12/h1-2,6-9,12H,3-5,10-11H2,(H3,18,19). The second-order valence-electron chi connectivity index (χ2n) is 5.50. The quantitative estimate of drug-likeness (QED) is 0.641. The van der Waals surface area contributed by atoms with Gasteiger partial charge in [-0.05, 0) is 29.9 Å². The number of nitrogens with one attached hydrogen (secondary N) is 1. The molecule has 3 nitrogen and oxygen atoms in total. The van der Waals surface area contributed by atoms with Crippen molar-refractivity contribution in [2.75, 3.05) is 6.61 Å². The van der Waals surface area contributed by atoms with E-state index >= 15 is 0 Å². The zero-order chi connectivity index (χ0) is 13.9. The first-order valence-electron chi connectivity index (χ1n) is 7.24. The number of ether oxygens (including phenoxy) is 1. The van der Waals surface area contributed by atoms with Gasteiger partial charge in [-0.1, -0.05) is 43.5 Å². The van der Waals surface area contributed by atoms with Gasteiger partial charge in [-0.2, -0.15) is 0 Å². The predicted octanol–water partition coefficient (Wildman–Crippen LogP) is 3.69. The van der Waals surface area contributed by atoms with Crippen LogP contribution in [0.15, 0.2) is 36.4 Å². The van der Waals surface area contributed by atoms with E-state index < -0.39 is 0 Å². The highest BCUT2D eigenvalue weighted by Gasteiger charge is 2.17. The van der Waals surface area contributed by atoms with Gasteiger partial charge in [-0.3, -0.25) is 5.41 Å². The summed E-state index contributed by atoms with van der Waals surface area (Å²) in [5, 5.41) is 9.67. The molecule has 0 atom stereocenters. The number of hydrogen-bond acceptors (Lipinski definition) is 2. The molecule has 0 aromatic heterocycles. The fourth-order valence-corrected chi connectivity index (χ4v) is 2.75. The molecule has 3 N–H and O–H groups in total. The Labute approximate surface area is 119 Å². The Bertz CT molecular complexity index is 632. The first-order chi connectivity index (χ1) is 9.75. The smallest absolute Gasteiger partial charge is 0.127 e. The third-order valence-electron chi connectivity index (χ3n) is 4.18. The summed E-state index contributed by atoms with van der Waals surface area (Å²) in [5.74, 6) is 1.85. The van der Waals surface area contributed by atoms with Gasteiger partial charge in [0.05, 0.1) is 6.61 Å². The van der Waals surface area contributed by atoms with Crippen LogP contribution in [-0.2, 0) is 0 Å². The van der Waals surface area contributed by atoms with Crippen LogP contribution in [0.2, 0.25) is 0 Å². The summed E-state index contributed by atoms with van der Waals surface area (Å²) < 4.78 is 5.95. The number of hydrogen-bond donors (Lipinski definition) is 2. The largest absolute Gasteiger partial charge is 0.493 e. The van der Waals surface area contributed by atoms with Crippen LogP contribution in [0, 0.1) is 11.3 Å². The molecule has 1 aliphatic rings.